The smallest absolute Gasteiger partial charge is 0.317 e. The third-order valence-corrected chi connectivity index (χ3v) is 2.93. The van der Waals surface area contributed by atoms with Crippen LogP contribution in [0, 0.1) is 5.92 Å². The first kappa shape index (κ1) is 17.1. The fraction of sp³-hybridized carbons (Fsp3) is 0.467. The second kappa shape index (κ2) is 9.10. The van der Waals surface area contributed by atoms with E-state index in [4.69, 9.17) is 10.2 Å². The summed E-state index contributed by atoms with van der Waals surface area (Å²) in [6.45, 7) is 2.41. The largest absolute Gasteiger partial charge is 0.480 e. The number of carboxylic acids is 1. The number of aliphatic hydroxyl groups excluding tert-OH is 1. The Morgan fingerprint density at radius 3 is 2.48 bits per heavy atom. The van der Waals surface area contributed by atoms with E-state index in [0.29, 0.717) is 13.1 Å². The van der Waals surface area contributed by atoms with Crippen LogP contribution in [0.15, 0.2) is 30.3 Å². The van der Waals surface area contributed by atoms with Gasteiger partial charge in [0.05, 0.1) is 13.1 Å². The number of benzene rings is 1. The number of amides is 1. The van der Waals surface area contributed by atoms with Gasteiger partial charge in [0.1, 0.15) is 0 Å². The van der Waals surface area contributed by atoms with Crippen molar-refractivity contribution in [2.45, 2.75) is 13.5 Å². The maximum absolute atomic E-state index is 11.8. The SMILES string of the molecule is CC(CO)CNC(=O)CN(CC(=O)O)Cc1ccccc1. The molecule has 0 aliphatic rings. The van der Waals surface area contributed by atoms with Crippen molar-refractivity contribution < 1.29 is 19.8 Å². The molecular formula is C15H22N2O4. The van der Waals surface area contributed by atoms with Crippen LogP contribution in [0.25, 0.3) is 0 Å². The molecule has 1 rings (SSSR count). The van der Waals surface area contributed by atoms with E-state index < -0.39 is 5.97 Å². The molecule has 1 atom stereocenters. The highest BCUT2D eigenvalue weighted by molar-refractivity contribution is 5.79. The summed E-state index contributed by atoms with van der Waals surface area (Å²) in [5.41, 5.74) is 0.954. The average Bonchev–Trinajstić information content (AvgIpc) is 2.45. The van der Waals surface area contributed by atoms with Crippen LogP contribution in [0.1, 0.15) is 12.5 Å². The van der Waals surface area contributed by atoms with Crippen LogP contribution in [0.2, 0.25) is 0 Å². The van der Waals surface area contributed by atoms with Gasteiger partial charge in [-0.1, -0.05) is 37.3 Å². The van der Waals surface area contributed by atoms with Crippen LogP contribution in [-0.4, -0.2) is 53.2 Å². The minimum atomic E-state index is -0.970. The van der Waals surface area contributed by atoms with Crippen LogP contribution in [0.5, 0.6) is 0 Å². The van der Waals surface area contributed by atoms with E-state index in [0.717, 1.165) is 5.56 Å². The number of carbonyl (C=O) groups excluding carboxylic acids is 1. The molecule has 1 aromatic carbocycles. The van der Waals surface area contributed by atoms with Crippen LogP contribution >= 0.6 is 0 Å². The Morgan fingerprint density at radius 1 is 1.24 bits per heavy atom. The Hall–Kier alpha value is -1.92. The molecule has 0 saturated carbocycles. The Kier molecular flexibility index (Phi) is 7.42. The van der Waals surface area contributed by atoms with Crippen LogP contribution in [0.4, 0.5) is 0 Å². The van der Waals surface area contributed by atoms with Crippen LogP contribution in [-0.2, 0) is 16.1 Å². The van der Waals surface area contributed by atoms with Crippen molar-refractivity contribution in [1.29, 1.82) is 0 Å². The quantitative estimate of drug-likeness (QED) is 0.610. The molecule has 3 N–H and O–H groups in total. The van der Waals surface area contributed by atoms with E-state index in [-0.39, 0.29) is 31.5 Å². The Bertz CT molecular complexity index is 450. The summed E-state index contributed by atoms with van der Waals surface area (Å²) < 4.78 is 0. The molecule has 0 aliphatic carbocycles. The second-order valence-electron chi connectivity index (χ2n) is 5.12. The van der Waals surface area contributed by atoms with Crippen LogP contribution < -0.4 is 5.32 Å². The van der Waals surface area contributed by atoms with Gasteiger partial charge in [0.25, 0.3) is 0 Å². The van der Waals surface area contributed by atoms with Gasteiger partial charge in [0, 0.05) is 19.7 Å². The Balaban J connectivity index is 2.53. The van der Waals surface area contributed by atoms with Gasteiger partial charge in [0.15, 0.2) is 0 Å². The highest BCUT2D eigenvalue weighted by Gasteiger charge is 2.15. The lowest BCUT2D eigenvalue weighted by molar-refractivity contribution is -0.138. The van der Waals surface area contributed by atoms with E-state index in [1.165, 1.54) is 0 Å². The lowest BCUT2D eigenvalue weighted by Crippen LogP contribution is -2.40. The maximum atomic E-state index is 11.8. The summed E-state index contributed by atoms with van der Waals surface area (Å²) in [4.78, 5) is 24.3. The summed E-state index contributed by atoms with van der Waals surface area (Å²) >= 11 is 0. The molecule has 0 saturated heterocycles. The minimum absolute atomic E-state index is 0.00311. The molecule has 1 unspecified atom stereocenters. The number of hydrogen-bond donors (Lipinski definition) is 3. The van der Waals surface area contributed by atoms with E-state index in [1.54, 1.807) is 4.90 Å². The molecule has 6 nitrogen and oxygen atoms in total. The summed E-state index contributed by atoms with van der Waals surface area (Å²) in [5, 5.41) is 20.5. The summed E-state index contributed by atoms with van der Waals surface area (Å²) in [7, 11) is 0. The predicted molar refractivity (Wildman–Crippen MR) is 78.6 cm³/mol. The third kappa shape index (κ3) is 7.43. The first-order valence-electron chi connectivity index (χ1n) is 6.87. The number of rotatable bonds is 9. The highest BCUT2D eigenvalue weighted by atomic mass is 16.4. The summed E-state index contributed by atoms with van der Waals surface area (Å²) in [6.07, 6.45) is 0. The molecule has 21 heavy (non-hydrogen) atoms. The maximum Gasteiger partial charge on any atom is 0.317 e. The molecule has 116 valence electrons. The van der Waals surface area contributed by atoms with Crippen molar-refractivity contribution >= 4 is 11.9 Å². The fourth-order valence-corrected chi connectivity index (χ4v) is 1.81. The van der Waals surface area contributed by atoms with E-state index in [9.17, 15) is 9.59 Å². The summed E-state index contributed by atoms with van der Waals surface area (Å²) in [5.74, 6) is -1.23. The second-order valence-corrected chi connectivity index (χ2v) is 5.12. The van der Waals surface area contributed by atoms with Gasteiger partial charge in [-0.2, -0.15) is 0 Å². The fourth-order valence-electron chi connectivity index (χ4n) is 1.81. The number of aliphatic carboxylic acids is 1. The number of carbonyl (C=O) groups is 2. The molecule has 0 aromatic heterocycles. The normalized spacial score (nSPS) is 12.1. The van der Waals surface area contributed by atoms with E-state index in [2.05, 4.69) is 5.32 Å². The molecule has 0 bridgehead atoms. The minimum Gasteiger partial charge on any atom is -0.480 e. The molecule has 0 spiro atoms. The van der Waals surface area contributed by atoms with Crippen molar-refractivity contribution in [2.75, 3.05) is 26.2 Å². The van der Waals surface area contributed by atoms with Crippen molar-refractivity contribution in [3.8, 4) is 0 Å². The molecule has 1 aromatic rings. The number of carboxylic acid groups (broad SMARTS) is 1. The molecule has 0 fully saturated rings. The van der Waals surface area contributed by atoms with Gasteiger partial charge in [-0.15, -0.1) is 0 Å². The standard InChI is InChI=1S/C15H22N2O4/c1-12(11-18)7-16-14(19)9-17(10-15(20)21)8-13-5-3-2-4-6-13/h2-6,12,18H,7-11H2,1H3,(H,16,19)(H,20,21). The van der Waals surface area contributed by atoms with Crippen molar-refractivity contribution in [3.05, 3.63) is 35.9 Å². The lowest BCUT2D eigenvalue weighted by Gasteiger charge is -2.20. The van der Waals surface area contributed by atoms with Gasteiger partial charge in [-0.3, -0.25) is 14.5 Å². The number of nitrogens with one attached hydrogen (secondary N) is 1. The molecular weight excluding hydrogens is 272 g/mol. The van der Waals surface area contributed by atoms with Crippen molar-refractivity contribution in [1.82, 2.24) is 10.2 Å². The van der Waals surface area contributed by atoms with Gasteiger partial charge < -0.3 is 15.5 Å². The first-order valence-corrected chi connectivity index (χ1v) is 6.87. The van der Waals surface area contributed by atoms with E-state index >= 15 is 0 Å². The summed E-state index contributed by atoms with van der Waals surface area (Å²) in [6, 6.07) is 9.41. The van der Waals surface area contributed by atoms with Gasteiger partial charge >= 0.3 is 5.97 Å². The topological polar surface area (TPSA) is 89.9 Å². The number of aliphatic hydroxyl groups is 1. The first-order chi connectivity index (χ1) is 10.0. The average molecular weight is 294 g/mol. The Morgan fingerprint density at radius 2 is 1.90 bits per heavy atom. The molecule has 1 amide bonds. The van der Waals surface area contributed by atoms with Gasteiger partial charge in [0.2, 0.25) is 5.91 Å². The van der Waals surface area contributed by atoms with Gasteiger partial charge in [-0.25, -0.2) is 0 Å². The monoisotopic (exact) mass is 294 g/mol. The van der Waals surface area contributed by atoms with Gasteiger partial charge in [-0.05, 0) is 11.5 Å². The zero-order valence-electron chi connectivity index (χ0n) is 12.2. The van der Waals surface area contributed by atoms with Crippen molar-refractivity contribution in [3.63, 3.8) is 0 Å². The molecule has 0 heterocycles. The number of nitrogens with zero attached hydrogens (tertiary/aromatic N) is 1. The highest BCUT2D eigenvalue weighted by Crippen LogP contribution is 2.04. The lowest BCUT2D eigenvalue weighted by atomic mass is 10.2. The van der Waals surface area contributed by atoms with Crippen LogP contribution in [0.3, 0.4) is 0 Å². The third-order valence-electron chi connectivity index (χ3n) is 2.93. The predicted octanol–water partition coefficient (Wildman–Crippen LogP) is 0.318. The zero-order chi connectivity index (χ0) is 15.7. The zero-order valence-corrected chi connectivity index (χ0v) is 12.2. The number of hydrogen-bond acceptors (Lipinski definition) is 4. The Labute approximate surface area is 124 Å². The van der Waals surface area contributed by atoms with E-state index in [1.807, 2.05) is 37.3 Å². The van der Waals surface area contributed by atoms with Crippen molar-refractivity contribution in [2.24, 2.45) is 5.92 Å². The molecule has 0 aliphatic heterocycles. The molecule has 6 heteroatoms. The molecule has 0 radical (unpaired) electrons.